The number of halogens is 1. The first-order valence-electron chi connectivity index (χ1n) is 10.7. The Hall–Kier alpha value is -2.27. The van der Waals surface area contributed by atoms with Gasteiger partial charge < -0.3 is 4.90 Å². The summed E-state index contributed by atoms with van der Waals surface area (Å²) in [5.74, 6) is 0.204. The van der Waals surface area contributed by atoms with Crippen molar-refractivity contribution in [3.05, 3.63) is 101 Å². The summed E-state index contributed by atoms with van der Waals surface area (Å²) in [6, 6.07) is 29.2. The van der Waals surface area contributed by atoms with E-state index in [1.807, 2.05) is 36.1 Å². The number of rotatable bonds is 6. The first kappa shape index (κ1) is 21.9. The zero-order valence-corrected chi connectivity index (χ0v) is 19.2. The number of thioether (sulfide) groups is 1. The summed E-state index contributed by atoms with van der Waals surface area (Å²) in [5, 5.41) is 0.595. The predicted octanol–water partition coefficient (Wildman–Crippen LogP) is 5.75. The standard InChI is InChI=1S/C26H27ClN2OS/c1-20(31-24-14-12-23(27)13-15-24)26(30)29-18-16-28(17-19-29)25(21-8-4-2-5-9-21)22-10-6-3-7-11-22/h2-15,20,25H,16-19H2,1H3/t20-/m0/s1. The van der Waals surface area contributed by atoms with Gasteiger partial charge in [0, 0.05) is 36.1 Å². The van der Waals surface area contributed by atoms with Gasteiger partial charge in [0.15, 0.2) is 0 Å². The summed E-state index contributed by atoms with van der Waals surface area (Å²) in [5.41, 5.74) is 2.58. The highest BCUT2D eigenvalue weighted by molar-refractivity contribution is 8.00. The fourth-order valence-corrected chi connectivity index (χ4v) is 5.19. The molecular weight excluding hydrogens is 424 g/mol. The van der Waals surface area contributed by atoms with Gasteiger partial charge in [-0.3, -0.25) is 9.69 Å². The topological polar surface area (TPSA) is 23.6 Å². The van der Waals surface area contributed by atoms with Gasteiger partial charge in [0.2, 0.25) is 5.91 Å². The lowest BCUT2D eigenvalue weighted by Crippen LogP contribution is -2.51. The van der Waals surface area contributed by atoms with Gasteiger partial charge in [-0.25, -0.2) is 0 Å². The molecule has 1 fully saturated rings. The number of hydrogen-bond donors (Lipinski definition) is 0. The zero-order valence-electron chi connectivity index (χ0n) is 17.7. The second-order valence-electron chi connectivity index (χ2n) is 7.80. The first-order valence-corrected chi connectivity index (χ1v) is 11.9. The molecule has 0 aromatic heterocycles. The molecule has 3 aromatic rings. The molecule has 3 aromatic carbocycles. The van der Waals surface area contributed by atoms with E-state index >= 15 is 0 Å². The number of carbonyl (C=O) groups excluding carboxylic acids is 1. The Bertz CT molecular complexity index is 934. The van der Waals surface area contributed by atoms with Crippen molar-refractivity contribution in [2.75, 3.05) is 26.2 Å². The average molecular weight is 451 g/mol. The minimum atomic E-state index is -0.119. The van der Waals surface area contributed by atoms with Crippen LogP contribution in [0.25, 0.3) is 0 Å². The third kappa shape index (κ3) is 5.51. The molecule has 160 valence electrons. The maximum Gasteiger partial charge on any atom is 0.235 e. The summed E-state index contributed by atoms with van der Waals surface area (Å²) >= 11 is 7.56. The van der Waals surface area contributed by atoms with Crippen LogP contribution >= 0.6 is 23.4 Å². The Kier molecular flexibility index (Phi) is 7.33. The number of piperazine rings is 1. The zero-order chi connectivity index (χ0) is 21.6. The summed E-state index contributed by atoms with van der Waals surface area (Å²) in [6.45, 7) is 5.21. The molecule has 4 rings (SSSR count). The molecule has 1 heterocycles. The SMILES string of the molecule is C[C@H](Sc1ccc(Cl)cc1)C(=O)N1CCN(C(c2ccccc2)c2ccccc2)CC1. The van der Waals surface area contributed by atoms with Crippen LogP contribution in [0.15, 0.2) is 89.8 Å². The highest BCUT2D eigenvalue weighted by Gasteiger charge is 2.30. The molecule has 0 N–H and O–H groups in total. The lowest BCUT2D eigenvalue weighted by molar-refractivity contribution is -0.132. The molecular formula is C26H27ClN2OS. The van der Waals surface area contributed by atoms with E-state index in [1.54, 1.807) is 11.8 Å². The molecule has 1 saturated heterocycles. The van der Waals surface area contributed by atoms with E-state index in [1.165, 1.54) is 11.1 Å². The molecule has 1 atom stereocenters. The second kappa shape index (κ2) is 10.4. The van der Waals surface area contributed by atoms with Crippen molar-refractivity contribution >= 4 is 29.3 Å². The Labute approximate surface area is 194 Å². The Balaban J connectivity index is 1.41. The number of amides is 1. The van der Waals surface area contributed by atoms with Crippen molar-refractivity contribution in [2.24, 2.45) is 0 Å². The molecule has 0 saturated carbocycles. The maximum absolute atomic E-state index is 13.0. The van der Waals surface area contributed by atoms with Crippen LogP contribution in [-0.2, 0) is 4.79 Å². The maximum atomic E-state index is 13.0. The summed E-state index contributed by atoms with van der Waals surface area (Å²) < 4.78 is 0. The van der Waals surface area contributed by atoms with Crippen LogP contribution in [0.1, 0.15) is 24.1 Å². The average Bonchev–Trinajstić information content (AvgIpc) is 2.82. The molecule has 0 unspecified atom stereocenters. The molecule has 0 aliphatic carbocycles. The molecule has 1 amide bonds. The molecule has 0 spiro atoms. The van der Waals surface area contributed by atoms with Gasteiger partial charge in [0.05, 0.1) is 11.3 Å². The van der Waals surface area contributed by atoms with E-state index in [9.17, 15) is 4.79 Å². The third-order valence-electron chi connectivity index (χ3n) is 5.70. The van der Waals surface area contributed by atoms with Crippen LogP contribution in [-0.4, -0.2) is 47.1 Å². The van der Waals surface area contributed by atoms with Gasteiger partial charge in [-0.05, 0) is 42.3 Å². The predicted molar refractivity (Wildman–Crippen MR) is 130 cm³/mol. The number of benzene rings is 3. The monoisotopic (exact) mass is 450 g/mol. The minimum Gasteiger partial charge on any atom is -0.339 e. The van der Waals surface area contributed by atoms with Crippen LogP contribution in [0.4, 0.5) is 0 Å². The summed E-state index contributed by atoms with van der Waals surface area (Å²) in [4.78, 5) is 18.6. The van der Waals surface area contributed by atoms with E-state index in [2.05, 4.69) is 65.6 Å². The van der Waals surface area contributed by atoms with E-state index in [0.717, 1.165) is 31.1 Å². The molecule has 3 nitrogen and oxygen atoms in total. The van der Waals surface area contributed by atoms with Gasteiger partial charge in [-0.15, -0.1) is 11.8 Å². The smallest absolute Gasteiger partial charge is 0.235 e. The molecule has 31 heavy (non-hydrogen) atoms. The normalized spacial score (nSPS) is 15.8. The van der Waals surface area contributed by atoms with Crippen molar-refractivity contribution < 1.29 is 4.79 Å². The van der Waals surface area contributed by atoms with Gasteiger partial charge in [0.25, 0.3) is 0 Å². The fourth-order valence-electron chi connectivity index (χ4n) is 4.11. The van der Waals surface area contributed by atoms with E-state index < -0.39 is 0 Å². The fraction of sp³-hybridized carbons (Fsp3) is 0.269. The Morgan fingerprint density at radius 3 is 1.84 bits per heavy atom. The highest BCUT2D eigenvalue weighted by atomic mass is 35.5. The van der Waals surface area contributed by atoms with Gasteiger partial charge in [0.1, 0.15) is 0 Å². The van der Waals surface area contributed by atoms with E-state index in [-0.39, 0.29) is 17.2 Å². The number of nitrogens with zero attached hydrogens (tertiary/aromatic N) is 2. The highest BCUT2D eigenvalue weighted by Crippen LogP contribution is 2.30. The summed E-state index contributed by atoms with van der Waals surface area (Å²) in [7, 11) is 0. The van der Waals surface area contributed by atoms with Crippen molar-refractivity contribution in [1.82, 2.24) is 9.80 Å². The van der Waals surface area contributed by atoms with Crippen molar-refractivity contribution in [3.63, 3.8) is 0 Å². The minimum absolute atomic E-state index is 0.119. The van der Waals surface area contributed by atoms with Crippen LogP contribution in [0.5, 0.6) is 0 Å². The molecule has 5 heteroatoms. The first-order chi connectivity index (χ1) is 15.1. The van der Waals surface area contributed by atoms with Gasteiger partial charge in [-0.1, -0.05) is 72.3 Å². The Morgan fingerprint density at radius 2 is 1.32 bits per heavy atom. The van der Waals surface area contributed by atoms with Crippen LogP contribution in [0.2, 0.25) is 5.02 Å². The molecule has 1 aliphatic heterocycles. The van der Waals surface area contributed by atoms with Crippen LogP contribution in [0.3, 0.4) is 0 Å². The van der Waals surface area contributed by atoms with Crippen molar-refractivity contribution in [3.8, 4) is 0 Å². The molecule has 0 radical (unpaired) electrons. The van der Waals surface area contributed by atoms with Gasteiger partial charge >= 0.3 is 0 Å². The van der Waals surface area contributed by atoms with Crippen molar-refractivity contribution in [2.45, 2.75) is 23.1 Å². The largest absolute Gasteiger partial charge is 0.339 e. The third-order valence-corrected chi connectivity index (χ3v) is 7.05. The van der Waals surface area contributed by atoms with E-state index in [4.69, 9.17) is 11.6 Å². The lowest BCUT2D eigenvalue weighted by atomic mass is 9.96. The number of carbonyl (C=O) groups is 1. The second-order valence-corrected chi connectivity index (χ2v) is 9.65. The summed E-state index contributed by atoms with van der Waals surface area (Å²) in [6.07, 6.45) is 0. The lowest BCUT2D eigenvalue weighted by Gasteiger charge is -2.40. The Morgan fingerprint density at radius 1 is 0.806 bits per heavy atom. The van der Waals surface area contributed by atoms with Crippen LogP contribution in [0, 0.1) is 0 Å². The van der Waals surface area contributed by atoms with Gasteiger partial charge in [-0.2, -0.15) is 0 Å². The van der Waals surface area contributed by atoms with E-state index in [0.29, 0.717) is 5.02 Å². The number of hydrogen-bond acceptors (Lipinski definition) is 3. The van der Waals surface area contributed by atoms with Crippen molar-refractivity contribution in [1.29, 1.82) is 0 Å². The van der Waals surface area contributed by atoms with Crippen LogP contribution < -0.4 is 0 Å². The molecule has 0 bridgehead atoms. The molecule has 1 aliphatic rings. The quantitative estimate of drug-likeness (QED) is 0.446.